The second-order valence-electron chi connectivity index (χ2n) is 4.00. The second-order valence-corrected chi connectivity index (χ2v) is 4.00. The zero-order valence-electron chi connectivity index (χ0n) is 9.89. The van der Waals surface area contributed by atoms with E-state index in [4.69, 9.17) is 0 Å². The predicted molar refractivity (Wildman–Crippen MR) is 47.7 cm³/mol. The molecule has 0 aliphatic carbocycles. The van der Waals surface area contributed by atoms with E-state index in [2.05, 4.69) is 0 Å². The van der Waals surface area contributed by atoms with Crippen molar-refractivity contribution in [2.45, 2.75) is 44.0 Å². The summed E-state index contributed by atoms with van der Waals surface area (Å²) in [5.41, 5.74) is -6.34. The second kappa shape index (κ2) is 5.20. The lowest BCUT2D eigenvalue weighted by atomic mass is 9.97. The Morgan fingerprint density at radius 1 is 0.800 bits per heavy atom. The summed E-state index contributed by atoms with van der Waals surface area (Å²) in [5.74, 6) is 0. The number of hydrogen-bond donors (Lipinski definition) is 2. The van der Waals surface area contributed by atoms with Crippen LogP contribution in [0, 0.1) is 0 Å². The number of carbonyl (C=O) groups excluding carboxylic acids is 1. The van der Waals surface area contributed by atoms with Gasteiger partial charge in [0.2, 0.25) is 0 Å². The summed E-state index contributed by atoms with van der Waals surface area (Å²) in [6.45, 7) is 2.27. The fourth-order valence-electron chi connectivity index (χ4n) is 1.16. The number of amides is 2. The Morgan fingerprint density at radius 3 is 1.30 bits per heavy atom. The minimum Gasteiger partial charge on any atom is -0.336 e. The molecule has 0 atom stereocenters. The maximum absolute atomic E-state index is 12.4. The molecule has 120 valence electrons. The maximum atomic E-state index is 12.4. The van der Waals surface area contributed by atoms with Crippen molar-refractivity contribution in [2.24, 2.45) is 0 Å². The SMILES string of the molecule is CC(C)NC(=O)NC(C(F)(F)F)(C(F)(F)F)C(F)(F)F. The van der Waals surface area contributed by atoms with Crippen molar-refractivity contribution in [2.75, 3.05) is 0 Å². The topological polar surface area (TPSA) is 41.1 Å². The summed E-state index contributed by atoms with van der Waals surface area (Å²) in [5, 5.41) is 1.42. The van der Waals surface area contributed by atoms with E-state index < -0.39 is 36.1 Å². The molecule has 0 bridgehead atoms. The molecule has 0 aromatic carbocycles. The molecule has 0 rings (SSSR count). The van der Waals surface area contributed by atoms with Crippen LogP contribution in [0.15, 0.2) is 0 Å². The van der Waals surface area contributed by atoms with Gasteiger partial charge in [-0.15, -0.1) is 0 Å². The third-order valence-electron chi connectivity index (χ3n) is 2.00. The van der Waals surface area contributed by atoms with Crippen molar-refractivity contribution in [3.63, 3.8) is 0 Å². The molecule has 3 nitrogen and oxygen atoms in total. The molecule has 0 aromatic rings. The van der Waals surface area contributed by atoms with Crippen molar-refractivity contribution in [1.82, 2.24) is 10.6 Å². The smallest absolute Gasteiger partial charge is 0.336 e. The van der Waals surface area contributed by atoms with Crippen molar-refractivity contribution in [3.8, 4) is 0 Å². The van der Waals surface area contributed by atoms with Crippen LogP contribution in [-0.2, 0) is 0 Å². The fraction of sp³-hybridized carbons (Fsp3) is 0.875. The van der Waals surface area contributed by atoms with Gasteiger partial charge in [0, 0.05) is 6.04 Å². The Bertz CT molecular complexity index is 318. The van der Waals surface area contributed by atoms with Crippen molar-refractivity contribution in [3.05, 3.63) is 0 Å². The van der Waals surface area contributed by atoms with E-state index in [1.165, 1.54) is 5.32 Å². The Labute approximate surface area is 106 Å². The summed E-state index contributed by atoms with van der Waals surface area (Å²) in [7, 11) is 0. The maximum Gasteiger partial charge on any atom is 0.429 e. The van der Waals surface area contributed by atoms with Gasteiger partial charge in [0.1, 0.15) is 0 Å². The number of rotatable bonds is 2. The van der Waals surface area contributed by atoms with Crippen LogP contribution in [0.4, 0.5) is 44.3 Å². The van der Waals surface area contributed by atoms with Crippen LogP contribution in [0.25, 0.3) is 0 Å². The summed E-state index contributed by atoms with van der Waals surface area (Å²) in [6.07, 6.45) is -20.5. The van der Waals surface area contributed by atoms with E-state index in [1.807, 2.05) is 0 Å². The highest BCUT2D eigenvalue weighted by Crippen LogP contribution is 2.52. The first-order valence-corrected chi connectivity index (χ1v) is 4.85. The van der Waals surface area contributed by atoms with Gasteiger partial charge in [-0.2, -0.15) is 39.5 Å². The number of urea groups is 1. The first-order valence-electron chi connectivity index (χ1n) is 4.85. The van der Waals surface area contributed by atoms with Crippen LogP contribution in [0.5, 0.6) is 0 Å². The van der Waals surface area contributed by atoms with Crippen LogP contribution < -0.4 is 10.6 Å². The highest BCUT2D eigenvalue weighted by Gasteiger charge is 2.84. The molecule has 0 aromatic heterocycles. The molecule has 0 aliphatic heterocycles. The average Bonchev–Trinajstić information content (AvgIpc) is 2.06. The molecule has 12 heteroatoms. The van der Waals surface area contributed by atoms with Gasteiger partial charge in [0.05, 0.1) is 0 Å². The van der Waals surface area contributed by atoms with Crippen LogP contribution in [0.1, 0.15) is 13.8 Å². The molecule has 2 N–H and O–H groups in total. The lowest BCUT2D eigenvalue weighted by Gasteiger charge is -2.38. The standard InChI is InChI=1S/C8H9F9N2O/c1-3(2)18-4(20)19-5(6(9,10)11,7(12,13)14)8(15,16)17/h3H,1-2H3,(H2,18,19,20). The predicted octanol–water partition coefficient (Wildman–Crippen LogP) is 3.12. The monoisotopic (exact) mass is 320 g/mol. The quantitative estimate of drug-likeness (QED) is 0.754. The Morgan fingerprint density at radius 2 is 1.10 bits per heavy atom. The molecular formula is C8H9F9N2O. The summed E-state index contributed by atoms with van der Waals surface area (Å²) >= 11 is 0. The first-order chi connectivity index (χ1) is 8.56. The summed E-state index contributed by atoms with van der Waals surface area (Å²) < 4.78 is 111. The van der Waals surface area contributed by atoms with Crippen LogP contribution in [0.3, 0.4) is 0 Å². The minimum absolute atomic E-state index is 0.0433. The molecule has 0 fully saturated rings. The molecule has 0 heterocycles. The zero-order chi connectivity index (χ0) is 16.6. The number of alkyl halides is 9. The first kappa shape index (κ1) is 18.6. The van der Waals surface area contributed by atoms with Gasteiger partial charge in [-0.25, -0.2) is 4.79 Å². The van der Waals surface area contributed by atoms with Gasteiger partial charge in [-0.05, 0) is 13.8 Å². The van der Waals surface area contributed by atoms with Crippen LogP contribution in [-0.4, -0.2) is 36.1 Å². The van der Waals surface area contributed by atoms with Gasteiger partial charge in [0.25, 0.3) is 0 Å². The molecule has 0 unspecified atom stereocenters. The molecule has 0 spiro atoms. The van der Waals surface area contributed by atoms with E-state index in [9.17, 15) is 44.3 Å². The third-order valence-corrected chi connectivity index (χ3v) is 2.00. The number of nitrogens with one attached hydrogen (secondary N) is 2. The highest BCUT2D eigenvalue weighted by molar-refractivity contribution is 5.75. The van der Waals surface area contributed by atoms with Crippen LogP contribution in [0.2, 0.25) is 0 Å². The van der Waals surface area contributed by atoms with Gasteiger partial charge in [0.15, 0.2) is 0 Å². The van der Waals surface area contributed by atoms with Crippen molar-refractivity contribution >= 4 is 6.03 Å². The Hall–Kier alpha value is -1.36. The average molecular weight is 320 g/mol. The van der Waals surface area contributed by atoms with Gasteiger partial charge < -0.3 is 10.6 Å². The largest absolute Gasteiger partial charge is 0.429 e. The molecule has 20 heavy (non-hydrogen) atoms. The van der Waals surface area contributed by atoms with Gasteiger partial charge in [-0.3, -0.25) is 0 Å². The van der Waals surface area contributed by atoms with Gasteiger partial charge >= 0.3 is 30.1 Å². The number of carbonyl (C=O) groups is 1. The third kappa shape index (κ3) is 3.39. The van der Waals surface area contributed by atoms with E-state index >= 15 is 0 Å². The summed E-state index contributed by atoms with van der Waals surface area (Å²) in [6, 6.07) is -3.21. The molecular weight excluding hydrogens is 311 g/mol. The normalized spacial score (nSPS) is 14.4. The van der Waals surface area contributed by atoms with E-state index in [0.29, 0.717) is 0 Å². The number of hydrogen-bond acceptors (Lipinski definition) is 1. The van der Waals surface area contributed by atoms with E-state index in [0.717, 1.165) is 13.8 Å². The molecule has 0 radical (unpaired) electrons. The lowest BCUT2D eigenvalue weighted by Crippen LogP contribution is -2.76. The Balaban J connectivity index is 5.87. The summed E-state index contributed by atoms with van der Waals surface area (Å²) in [4.78, 5) is 10.9. The minimum atomic E-state index is -6.82. The molecule has 0 saturated heterocycles. The molecule has 2 amide bonds. The van der Waals surface area contributed by atoms with E-state index in [-0.39, 0.29) is 5.32 Å². The van der Waals surface area contributed by atoms with Gasteiger partial charge in [-0.1, -0.05) is 0 Å². The zero-order valence-corrected chi connectivity index (χ0v) is 9.89. The molecule has 0 saturated carbocycles. The Kier molecular flexibility index (Phi) is 4.85. The van der Waals surface area contributed by atoms with Crippen LogP contribution >= 0.6 is 0 Å². The van der Waals surface area contributed by atoms with Crippen molar-refractivity contribution in [1.29, 1.82) is 0 Å². The fourth-order valence-corrected chi connectivity index (χ4v) is 1.16. The highest BCUT2D eigenvalue weighted by atomic mass is 19.4. The van der Waals surface area contributed by atoms with E-state index in [1.54, 1.807) is 0 Å². The lowest BCUT2D eigenvalue weighted by molar-refractivity contribution is -0.386. The molecule has 0 aliphatic rings. The van der Waals surface area contributed by atoms with Crippen molar-refractivity contribution < 1.29 is 44.3 Å². The number of halogens is 9.